The molecule has 1 heterocycles. The number of aromatic nitrogens is 2. The van der Waals surface area contributed by atoms with Gasteiger partial charge in [0, 0.05) is 6.20 Å². The Morgan fingerprint density at radius 3 is 2.82 bits per heavy atom. The Kier molecular flexibility index (Phi) is 4.94. The molecule has 0 unspecified atom stereocenters. The Labute approximate surface area is 96.6 Å². The molecule has 17 heavy (non-hydrogen) atoms. The number of nitrogens with two attached hydrogens (primary N) is 1. The molecule has 0 bridgehead atoms. The molecule has 0 radical (unpaired) electrons. The lowest BCUT2D eigenvalue weighted by Crippen LogP contribution is -2.27. The van der Waals surface area contributed by atoms with Crippen LogP contribution in [0.15, 0.2) is 17.1 Å². The summed E-state index contributed by atoms with van der Waals surface area (Å²) in [5.41, 5.74) is 4.67. The van der Waals surface area contributed by atoms with Crippen molar-refractivity contribution in [2.45, 2.75) is 6.73 Å². The lowest BCUT2D eigenvalue weighted by Gasteiger charge is -2.26. The second-order valence-corrected chi connectivity index (χ2v) is 4.56. The van der Waals surface area contributed by atoms with Gasteiger partial charge in [0.15, 0.2) is 13.1 Å². The van der Waals surface area contributed by atoms with Gasteiger partial charge in [0.1, 0.15) is 12.5 Å². The van der Waals surface area contributed by atoms with Gasteiger partial charge in [-0.15, -0.1) is 0 Å². The lowest BCUT2D eigenvalue weighted by atomic mass is 10.6. The summed E-state index contributed by atoms with van der Waals surface area (Å²) in [5, 5.41) is 0. The van der Waals surface area contributed by atoms with Gasteiger partial charge in [0.25, 0.3) is 0 Å². The summed E-state index contributed by atoms with van der Waals surface area (Å²) in [6.07, 6.45) is 0.525. The van der Waals surface area contributed by atoms with Crippen LogP contribution in [0.1, 0.15) is 0 Å². The summed E-state index contributed by atoms with van der Waals surface area (Å²) in [7, 11) is -4.44. The molecular formula is C7H11N3O6P-. The SMILES string of the molecule is Nc1ccn(COCOC[P+]([O-])([O-])O)c(=O)n1. The van der Waals surface area contributed by atoms with E-state index in [-0.39, 0.29) is 19.3 Å². The van der Waals surface area contributed by atoms with E-state index in [0.717, 1.165) is 4.57 Å². The highest BCUT2D eigenvalue weighted by Gasteiger charge is 2.06. The third-order valence-corrected chi connectivity index (χ3v) is 2.06. The van der Waals surface area contributed by atoms with Gasteiger partial charge in [0.05, 0.1) is 7.94 Å². The van der Waals surface area contributed by atoms with Crippen LogP contribution >= 0.6 is 7.94 Å². The van der Waals surface area contributed by atoms with E-state index in [1.54, 1.807) is 0 Å². The van der Waals surface area contributed by atoms with Gasteiger partial charge in [0.2, 0.25) is 0 Å². The van der Waals surface area contributed by atoms with Gasteiger partial charge in [-0.1, -0.05) is 0 Å². The molecule has 10 heteroatoms. The molecule has 0 spiro atoms. The molecule has 0 aliphatic rings. The molecule has 1 aromatic rings. The quantitative estimate of drug-likeness (QED) is 0.318. The van der Waals surface area contributed by atoms with Crippen molar-refractivity contribution < 1.29 is 24.2 Å². The van der Waals surface area contributed by atoms with Crippen molar-refractivity contribution >= 4 is 13.8 Å². The fraction of sp³-hybridized carbons (Fsp3) is 0.429. The van der Waals surface area contributed by atoms with Crippen LogP contribution in [0.25, 0.3) is 0 Å². The number of hydrogen-bond acceptors (Lipinski definition) is 8. The average molecular weight is 264 g/mol. The maximum absolute atomic E-state index is 11.2. The van der Waals surface area contributed by atoms with Crippen LogP contribution in [0, 0.1) is 0 Å². The van der Waals surface area contributed by atoms with E-state index >= 15 is 0 Å². The zero-order chi connectivity index (χ0) is 12.9. The Morgan fingerprint density at radius 2 is 2.24 bits per heavy atom. The van der Waals surface area contributed by atoms with Gasteiger partial charge >= 0.3 is 5.69 Å². The van der Waals surface area contributed by atoms with Crippen molar-refractivity contribution in [2.24, 2.45) is 0 Å². The molecule has 0 aliphatic heterocycles. The van der Waals surface area contributed by atoms with Gasteiger partial charge in [-0.3, -0.25) is 9.46 Å². The predicted octanol–water partition coefficient (Wildman–Crippen LogP) is -2.79. The first kappa shape index (κ1) is 14.0. The summed E-state index contributed by atoms with van der Waals surface area (Å²) in [5.74, 6) is 0.0927. The minimum Gasteiger partial charge on any atom is -0.658 e. The van der Waals surface area contributed by atoms with Crippen LogP contribution in [0.4, 0.5) is 5.82 Å². The van der Waals surface area contributed by atoms with Gasteiger partial charge in [-0.25, -0.2) is 4.79 Å². The van der Waals surface area contributed by atoms with E-state index in [0.29, 0.717) is 0 Å². The van der Waals surface area contributed by atoms with Crippen LogP contribution in [0.2, 0.25) is 0 Å². The molecule has 0 amide bonds. The molecule has 0 fully saturated rings. The second kappa shape index (κ2) is 6.01. The maximum atomic E-state index is 11.2. The minimum atomic E-state index is -4.44. The van der Waals surface area contributed by atoms with Crippen LogP contribution < -0.4 is 21.2 Å². The number of hydrogen-bond donors (Lipinski definition) is 2. The van der Waals surface area contributed by atoms with Crippen molar-refractivity contribution in [3.8, 4) is 0 Å². The number of rotatable bonds is 6. The van der Waals surface area contributed by atoms with Crippen LogP contribution in [0.5, 0.6) is 0 Å². The highest BCUT2D eigenvalue weighted by atomic mass is 31.2. The Hall–Kier alpha value is -1.09. The molecule has 3 N–H and O–H groups in total. The number of nitrogen functional groups attached to an aromatic ring is 1. The van der Waals surface area contributed by atoms with Crippen molar-refractivity contribution in [1.82, 2.24) is 9.55 Å². The largest absolute Gasteiger partial charge is 0.658 e. The molecule has 0 aromatic carbocycles. The van der Waals surface area contributed by atoms with Crippen LogP contribution in [-0.4, -0.2) is 27.6 Å². The fourth-order valence-corrected chi connectivity index (χ4v) is 1.19. The maximum Gasteiger partial charge on any atom is 0.351 e. The van der Waals surface area contributed by atoms with E-state index < -0.39 is 20.0 Å². The molecule has 0 aliphatic carbocycles. The first-order valence-corrected chi connectivity index (χ1v) is 6.16. The Bertz CT molecular complexity index is 417. The highest BCUT2D eigenvalue weighted by molar-refractivity contribution is 7.55. The number of anilines is 1. The summed E-state index contributed by atoms with van der Waals surface area (Å²) >= 11 is 0. The first-order chi connectivity index (χ1) is 7.88. The monoisotopic (exact) mass is 264 g/mol. The van der Waals surface area contributed by atoms with Gasteiger partial charge in [-0.05, 0) is 6.07 Å². The summed E-state index contributed by atoms with van der Waals surface area (Å²) < 4.78 is 10.4. The van der Waals surface area contributed by atoms with Crippen LogP contribution in [0.3, 0.4) is 0 Å². The molecule has 0 saturated carbocycles. The van der Waals surface area contributed by atoms with E-state index in [4.69, 9.17) is 15.4 Å². The van der Waals surface area contributed by atoms with Crippen molar-refractivity contribution in [1.29, 1.82) is 0 Å². The molecular weight excluding hydrogens is 253 g/mol. The number of nitrogens with zero attached hydrogens (tertiary/aromatic N) is 2. The third kappa shape index (κ3) is 5.68. The zero-order valence-electron chi connectivity index (χ0n) is 8.68. The Balaban J connectivity index is 2.29. The van der Waals surface area contributed by atoms with Crippen LogP contribution in [-0.2, 0) is 16.2 Å². The smallest absolute Gasteiger partial charge is 0.351 e. The summed E-state index contributed by atoms with van der Waals surface area (Å²) in [6.45, 7) is -0.551. The minimum absolute atomic E-state index is 0.0927. The first-order valence-electron chi connectivity index (χ1n) is 4.40. The average Bonchev–Trinajstić information content (AvgIpc) is 2.18. The zero-order valence-corrected chi connectivity index (χ0v) is 9.58. The topological polar surface area (TPSA) is 146 Å². The standard InChI is InChI=1S/C7H12N3O6P/c8-6-1-2-10(7(11)9-6)3-15-4-16-5-17(12,13)14/h1-2H,3-5H2,(H2,8,9,11)(H2,12,13,14)/p-1. The summed E-state index contributed by atoms with van der Waals surface area (Å²) in [4.78, 5) is 43.5. The fourth-order valence-electron chi connectivity index (χ4n) is 0.887. The highest BCUT2D eigenvalue weighted by Crippen LogP contribution is 2.32. The lowest BCUT2D eigenvalue weighted by molar-refractivity contribution is -0.337. The molecule has 1 rings (SSSR count). The predicted molar refractivity (Wildman–Crippen MR) is 54.0 cm³/mol. The van der Waals surface area contributed by atoms with Crippen molar-refractivity contribution in [2.75, 3.05) is 18.9 Å². The molecule has 96 valence electrons. The van der Waals surface area contributed by atoms with Gasteiger partial charge < -0.3 is 25.0 Å². The second-order valence-electron chi connectivity index (χ2n) is 3.03. The van der Waals surface area contributed by atoms with E-state index in [1.807, 2.05) is 0 Å². The van der Waals surface area contributed by atoms with Crippen molar-refractivity contribution in [3.05, 3.63) is 22.7 Å². The van der Waals surface area contributed by atoms with E-state index in [9.17, 15) is 14.6 Å². The van der Waals surface area contributed by atoms with Crippen molar-refractivity contribution in [3.63, 3.8) is 0 Å². The molecule has 0 atom stereocenters. The third-order valence-electron chi connectivity index (χ3n) is 1.55. The normalized spacial score (nSPS) is 11.7. The number of ether oxygens (including phenoxy) is 2. The van der Waals surface area contributed by atoms with E-state index in [2.05, 4.69) is 9.72 Å². The van der Waals surface area contributed by atoms with Gasteiger partial charge in [-0.2, -0.15) is 4.98 Å². The van der Waals surface area contributed by atoms with E-state index in [1.165, 1.54) is 12.3 Å². The molecule has 1 aromatic heterocycles. The molecule has 0 saturated heterocycles. The Morgan fingerprint density at radius 1 is 1.53 bits per heavy atom. The summed E-state index contributed by atoms with van der Waals surface area (Å²) in [6, 6.07) is 1.41. The molecule has 9 nitrogen and oxygen atoms in total.